The monoisotopic (exact) mass is 464 g/mol. The first-order chi connectivity index (χ1) is 16.8. The van der Waals surface area contributed by atoms with E-state index < -0.39 is 66.6 Å². The van der Waals surface area contributed by atoms with Gasteiger partial charge in [0.15, 0.2) is 0 Å². The number of piperidine rings is 1. The van der Waals surface area contributed by atoms with Crippen molar-refractivity contribution in [1.29, 1.82) is 0 Å². The number of ketones is 1. The third-order valence-electron chi connectivity index (χ3n) is 5.17. The fourth-order valence-corrected chi connectivity index (χ4v) is 3.61. The summed E-state index contributed by atoms with van der Waals surface area (Å²) in [6.07, 6.45) is -5.85. The Hall–Kier alpha value is -3.13. The molecule has 2 aliphatic rings. The number of aryl methyl sites for hydroxylation is 1. The molecule has 0 bridgehead atoms. The highest BCUT2D eigenvalue weighted by Crippen LogP contribution is 2.32. The van der Waals surface area contributed by atoms with Crippen LogP contribution in [0.25, 0.3) is 0 Å². The van der Waals surface area contributed by atoms with Crippen LogP contribution < -0.4 is 5.32 Å². The van der Waals surface area contributed by atoms with E-state index in [1.165, 1.54) is 30.3 Å². The molecule has 6 nitrogen and oxygen atoms in total. The molecule has 1 N–H and O–H groups in total. The van der Waals surface area contributed by atoms with Crippen LogP contribution in [0.5, 0.6) is 0 Å². The van der Waals surface area contributed by atoms with Crippen molar-refractivity contribution in [3.63, 3.8) is 0 Å². The average Bonchev–Trinajstić information content (AvgIpc) is 3.17. The minimum absolute atomic E-state index is 0.0637. The molecule has 3 amide bonds. The number of hydrogen-bond donors (Lipinski definition) is 1. The number of carbonyl (C=O) groups is 4. The zero-order chi connectivity index (χ0) is 26.6. The highest BCUT2D eigenvalue weighted by molar-refractivity contribution is 6.30. The third-order valence-corrected chi connectivity index (χ3v) is 5.42. The van der Waals surface area contributed by atoms with Gasteiger partial charge < -0.3 is 4.90 Å². The van der Waals surface area contributed by atoms with Crippen LogP contribution in [0.3, 0.4) is 0 Å². The summed E-state index contributed by atoms with van der Waals surface area (Å²) >= 11 is 5.70. The maximum absolute atomic E-state index is 14.6. The maximum atomic E-state index is 14.6. The first-order valence-electron chi connectivity index (χ1n) is 11.8. The van der Waals surface area contributed by atoms with Gasteiger partial charge in [0.2, 0.25) is 17.6 Å². The molecule has 2 aliphatic heterocycles. The van der Waals surface area contributed by atoms with Crippen molar-refractivity contribution in [2.75, 3.05) is 0 Å². The number of fused-ring (bicyclic) bond motifs is 1. The Morgan fingerprint density at radius 1 is 1.25 bits per heavy atom. The van der Waals surface area contributed by atoms with Crippen molar-refractivity contribution in [1.82, 2.24) is 10.2 Å². The second-order valence-corrected chi connectivity index (χ2v) is 7.69. The Morgan fingerprint density at radius 2 is 1.97 bits per heavy atom. The number of imide groups is 1. The Bertz CT molecular complexity index is 1280. The molecule has 2 heterocycles. The standard InChI is InChI=1S/C23H19ClF2N2O4/c24-16-5-3-15(4-6-16)23(25,26)19(29)9-2-13-1-7-17-14(11-13)12-28(22(17)32)18-8-10-20(30)27-21(18)31/h1,3-7,11,18H,2,8-10,12H2,(H,27,30,31)/i2D,8D,10D,18D. The fourth-order valence-electron chi connectivity index (χ4n) is 3.48. The summed E-state index contributed by atoms with van der Waals surface area (Å²) in [6, 6.07) is 5.93. The molecule has 166 valence electrons. The number of carbonyl (C=O) groups excluding carboxylic acids is 4. The summed E-state index contributed by atoms with van der Waals surface area (Å²) in [5, 5.41) is 2.07. The van der Waals surface area contributed by atoms with E-state index in [1.807, 2.05) is 5.32 Å². The van der Waals surface area contributed by atoms with Gasteiger partial charge in [0.25, 0.3) is 5.91 Å². The van der Waals surface area contributed by atoms with E-state index in [-0.39, 0.29) is 28.3 Å². The lowest BCUT2D eigenvalue weighted by molar-refractivity contribution is -0.144. The molecule has 4 unspecified atom stereocenters. The molecule has 0 spiro atoms. The van der Waals surface area contributed by atoms with Gasteiger partial charge in [-0.1, -0.05) is 35.9 Å². The van der Waals surface area contributed by atoms with Crippen LogP contribution >= 0.6 is 11.6 Å². The van der Waals surface area contributed by atoms with Crippen LogP contribution in [-0.2, 0) is 33.2 Å². The van der Waals surface area contributed by atoms with Crippen LogP contribution in [0.4, 0.5) is 8.78 Å². The maximum Gasteiger partial charge on any atom is 0.330 e. The van der Waals surface area contributed by atoms with Crippen molar-refractivity contribution in [3.05, 3.63) is 69.7 Å². The van der Waals surface area contributed by atoms with Crippen LogP contribution in [0.1, 0.15) is 51.7 Å². The van der Waals surface area contributed by atoms with Crippen LogP contribution in [0.2, 0.25) is 5.02 Å². The van der Waals surface area contributed by atoms with Crippen molar-refractivity contribution in [2.45, 2.75) is 44.1 Å². The molecule has 9 heteroatoms. The van der Waals surface area contributed by atoms with E-state index in [1.54, 1.807) is 0 Å². The smallest absolute Gasteiger partial charge is 0.322 e. The molecule has 0 aliphatic carbocycles. The number of hydrogen-bond acceptors (Lipinski definition) is 4. The second kappa shape index (κ2) is 8.43. The van der Waals surface area contributed by atoms with E-state index in [0.29, 0.717) is 0 Å². The molecule has 4 atom stereocenters. The summed E-state index contributed by atoms with van der Waals surface area (Å²) in [6.45, 7) is -0.336. The second-order valence-electron chi connectivity index (χ2n) is 7.26. The first kappa shape index (κ1) is 17.4. The van der Waals surface area contributed by atoms with E-state index >= 15 is 0 Å². The van der Waals surface area contributed by atoms with Gasteiger partial charge in [0.05, 0.1) is 1.37 Å². The number of amides is 3. The van der Waals surface area contributed by atoms with Crippen molar-refractivity contribution >= 4 is 35.1 Å². The molecule has 4 rings (SSSR count). The molecule has 0 saturated carbocycles. The normalized spacial score (nSPS) is 28.2. The van der Waals surface area contributed by atoms with Gasteiger partial charge in [-0.15, -0.1) is 0 Å². The lowest BCUT2D eigenvalue weighted by Crippen LogP contribution is -2.52. The summed E-state index contributed by atoms with van der Waals surface area (Å²) in [5.41, 5.74) is -0.0702. The van der Waals surface area contributed by atoms with Gasteiger partial charge in [-0.3, -0.25) is 24.5 Å². The van der Waals surface area contributed by atoms with Gasteiger partial charge in [-0.05, 0) is 42.1 Å². The van der Waals surface area contributed by atoms with Crippen molar-refractivity contribution in [2.24, 2.45) is 0 Å². The Balaban J connectivity index is 1.54. The Morgan fingerprint density at radius 3 is 2.69 bits per heavy atom. The highest BCUT2D eigenvalue weighted by atomic mass is 35.5. The summed E-state index contributed by atoms with van der Waals surface area (Å²) < 4.78 is 61.9. The predicted octanol–water partition coefficient (Wildman–Crippen LogP) is 3.39. The van der Waals surface area contributed by atoms with Crippen LogP contribution in [0, 0.1) is 0 Å². The van der Waals surface area contributed by atoms with E-state index in [4.69, 9.17) is 17.1 Å². The zero-order valence-corrected chi connectivity index (χ0v) is 17.2. The molecule has 0 aromatic heterocycles. The van der Waals surface area contributed by atoms with Crippen LogP contribution in [0.15, 0.2) is 42.5 Å². The predicted molar refractivity (Wildman–Crippen MR) is 111 cm³/mol. The topological polar surface area (TPSA) is 83.6 Å². The molecule has 0 radical (unpaired) electrons. The lowest BCUT2D eigenvalue weighted by atomic mass is 9.97. The first-order valence-corrected chi connectivity index (χ1v) is 9.90. The molecular formula is C23H19ClF2N2O4. The number of Topliss-reactive ketones (excluding diaryl/α,β-unsaturated/α-hetero) is 1. The van der Waals surface area contributed by atoms with Gasteiger partial charge in [0, 0.05) is 39.6 Å². The van der Waals surface area contributed by atoms with Gasteiger partial charge in [-0.2, -0.15) is 8.78 Å². The van der Waals surface area contributed by atoms with E-state index in [0.717, 1.165) is 17.0 Å². The average molecular weight is 465 g/mol. The van der Waals surface area contributed by atoms with E-state index in [9.17, 15) is 28.0 Å². The molecule has 1 fully saturated rings. The Labute approximate surface area is 193 Å². The minimum atomic E-state index is -3.84. The third kappa shape index (κ3) is 4.14. The van der Waals surface area contributed by atoms with Gasteiger partial charge in [-0.25, -0.2) is 0 Å². The lowest BCUT2D eigenvalue weighted by Gasteiger charge is -2.29. The zero-order valence-electron chi connectivity index (χ0n) is 20.4. The Kier molecular flexibility index (Phi) is 4.59. The summed E-state index contributed by atoms with van der Waals surface area (Å²) in [4.78, 5) is 50.1. The van der Waals surface area contributed by atoms with Gasteiger partial charge in [0.1, 0.15) is 6.02 Å². The summed E-state index contributed by atoms with van der Waals surface area (Å²) in [7, 11) is 0. The quantitative estimate of drug-likeness (QED) is 0.664. The number of nitrogens with one attached hydrogen (secondary N) is 1. The largest absolute Gasteiger partial charge is 0.330 e. The SMILES string of the molecule is [2H]C(CC(=O)C(F)(F)c1ccc(Cl)cc1)c1ccc2c(c1)CN(C1([2H])C(=O)NC(=O)C([2H])C1[2H])C2=O. The number of alkyl halides is 2. The fraction of sp³-hybridized carbons (Fsp3) is 0.304. The molecule has 1 saturated heterocycles. The van der Waals surface area contributed by atoms with Gasteiger partial charge >= 0.3 is 5.92 Å². The molecule has 32 heavy (non-hydrogen) atoms. The minimum Gasteiger partial charge on any atom is -0.322 e. The van der Waals surface area contributed by atoms with Crippen molar-refractivity contribution in [3.8, 4) is 0 Å². The van der Waals surface area contributed by atoms with E-state index in [2.05, 4.69) is 0 Å². The molecule has 2 aromatic carbocycles. The number of benzene rings is 2. The highest BCUT2D eigenvalue weighted by Gasteiger charge is 2.41. The summed E-state index contributed by atoms with van der Waals surface area (Å²) in [5.74, 6) is -8.34. The number of rotatable bonds is 6. The molecule has 2 aromatic rings. The van der Waals surface area contributed by atoms with Crippen molar-refractivity contribution < 1.29 is 33.4 Å². The number of nitrogens with zero attached hydrogens (tertiary/aromatic N) is 1. The molecular weight excluding hydrogens is 442 g/mol. The number of halogens is 3. The van der Waals surface area contributed by atoms with Crippen LogP contribution in [-0.4, -0.2) is 34.4 Å².